The van der Waals surface area contributed by atoms with Gasteiger partial charge in [-0.15, -0.1) is 0 Å². The molecule has 0 bridgehead atoms. The summed E-state index contributed by atoms with van der Waals surface area (Å²) in [4.78, 5) is 0. The van der Waals surface area contributed by atoms with E-state index in [0.717, 1.165) is 36.4 Å². The van der Waals surface area contributed by atoms with Crippen LogP contribution in [0.25, 0.3) is 0 Å². The van der Waals surface area contributed by atoms with Crippen LogP contribution in [0.4, 0.5) is 0 Å². The lowest BCUT2D eigenvalue weighted by Crippen LogP contribution is -2.51. The molecule has 0 saturated heterocycles. The minimum Gasteiger partial charge on any atom is -0.493 e. The Morgan fingerprint density at radius 3 is 2.67 bits per heavy atom. The molecule has 2 atom stereocenters. The SMILES string of the molecule is COc1ccc(CNC2(CO)CCCC(C)C2)cc1OC. The fraction of sp³-hybridized carbons (Fsp3) is 0.647. The van der Waals surface area contributed by atoms with Crippen molar-refractivity contribution >= 4 is 0 Å². The van der Waals surface area contributed by atoms with Gasteiger partial charge in [0.25, 0.3) is 0 Å². The Labute approximate surface area is 127 Å². The van der Waals surface area contributed by atoms with E-state index < -0.39 is 0 Å². The van der Waals surface area contributed by atoms with Crippen molar-refractivity contribution in [1.82, 2.24) is 5.32 Å². The Kier molecular flexibility index (Phi) is 5.48. The van der Waals surface area contributed by atoms with Gasteiger partial charge in [0.15, 0.2) is 11.5 Å². The van der Waals surface area contributed by atoms with Crippen LogP contribution in [0.15, 0.2) is 18.2 Å². The minimum absolute atomic E-state index is 0.134. The van der Waals surface area contributed by atoms with E-state index in [1.807, 2.05) is 18.2 Å². The Morgan fingerprint density at radius 2 is 2.05 bits per heavy atom. The van der Waals surface area contributed by atoms with Crippen molar-refractivity contribution in [3.8, 4) is 11.5 Å². The molecule has 1 fully saturated rings. The molecule has 0 amide bonds. The monoisotopic (exact) mass is 293 g/mol. The molecule has 2 rings (SSSR count). The Hall–Kier alpha value is -1.26. The van der Waals surface area contributed by atoms with E-state index >= 15 is 0 Å². The molecule has 0 aromatic heterocycles. The summed E-state index contributed by atoms with van der Waals surface area (Å²) >= 11 is 0. The molecule has 118 valence electrons. The maximum absolute atomic E-state index is 9.81. The van der Waals surface area contributed by atoms with Crippen LogP contribution in [0.1, 0.15) is 38.2 Å². The lowest BCUT2D eigenvalue weighted by molar-refractivity contribution is 0.0982. The summed E-state index contributed by atoms with van der Waals surface area (Å²) in [6.07, 6.45) is 4.53. The van der Waals surface area contributed by atoms with Gasteiger partial charge in [0, 0.05) is 12.1 Å². The molecule has 1 saturated carbocycles. The molecule has 2 unspecified atom stereocenters. The number of hydrogen-bond donors (Lipinski definition) is 2. The van der Waals surface area contributed by atoms with Gasteiger partial charge >= 0.3 is 0 Å². The molecule has 1 aromatic carbocycles. The number of ether oxygens (including phenoxy) is 2. The highest BCUT2D eigenvalue weighted by atomic mass is 16.5. The topological polar surface area (TPSA) is 50.7 Å². The highest BCUT2D eigenvalue weighted by Crippen LogP contribution is 2.33. The Balaban J connectivity index is 2.04. The fourth-order valence-corrected chi connectivity index (χ4v) is 3.30. The highest BCUT2D eigenvalue weighted by molar-refractivity contribution is 5.42. The van der Waals surface area contributed by atoms with Crippen LogP contribution >= 0.6 is 0 Å². The first-order chi connectivity index (χ1) is 10.1. The summed E-state index contributed by atoms with van der Waals surface area (Å²) < 4.78 is 10.6. The van der Waals surface area contributed by atoms with Crippen molar-refractivity contribution in [2.45, 2.75) is 44.7 Å². The van der Waals surface area contributed by atoms with E-state index in [-0.39, 0.29) is 12.1 Å². The van der Waals surface area contributed by atoms with E-state index in [9.17, 15) is 5.11 Å². The van der Waals surface area contributed by atoms with Gasteiger partial charge in [-0.25, -0.2) is 0 Å². The van der Waals surface area contributed by atoms with Crippen molar-refractivity contribution in [1.29, 1.82) is 0 Å². The molecule has 1 aromatic rings. The maximum Gasteiger partial charge on any atom is 0.161 e. The van der Waals surface area contributed by atoms with Gasteiger partial charge in [-0.2, -0.15) is 0 Å². The molecule has 1 aliphatic carbocycles. The van der Waals surface area contributed by atoms with E-state index in [4.69, 9.17) is 9.47 Å². The van der Waals surface area contributed by atoms with Crippen molar-refractivity contribution in [2.24, 2.45) is 5.92 Å². The molecule has 0 radical (unpaired) electrons. The lowest BCUT2D eigenvalue weighted by Gasteiger charge is -2.39. The zero-order valence-corrected chi connectivity index (χ0v) is 13.3. The predicted octanol–water partition coefficient (Wildman–Crippen LogP) is 2.73. The molecular formula is C17H27NO3. The second kappa shape index (κ2) is 7.14. The molecule has 4 heteroatoms. The maximum atomic E-state index is 9.81. The van der Waals surface area contributed by atoms with E-state index in [2.05, 4.69) is 12.2 Å². The molecule has 0 spiro atoms. The fourth-order valence-electron chi connectivity index (χ4n) is 3.30. The van der Waals surface area contributed by atoms with E-state index in [1.165, 1.54) is 12.8 Å². The van der Waals surface area contributed by atoms with Crippen LogP contribution in [0.2, 0.25) is 0 Å². The summed E-state index contributed by atoms with van der Waals surface area (Å²) in [5.41, 5.74) is 1.00. The average Bonchev–Trinajstić information content (AvgIpc) is 2.52. The number of nitrogens with one attached hydrogen (secondary N) is 1. The van der Waals surface area contributed by atoms with E-state index in [0.29, 0.717) is 5.92 Å². The van der Waals surface area contributed by atoms with Gasteiger partial charge in [-0.1, -0.05) is 25.8 Å². The highest BCUT2D eigenvalue weighted by Gasteiger charge is 2.33. The third-order valence-corrected chi connectivity index (χ3v) is 4.51. The summed E-state index contributed by atoms with van der Waals surface area (Å²) in [6.45, 7) is 3.19. The van der Waals surface area contributed by atoms with Crippen LogP contribution in [-0.2, 0) is 6.54 Å². The van der Waals surface area contributed by atoms with Gasteiger partial charge in [0.1, 0.15) is 0 Å². The minimum atomic E-state index is -0.134. The first-order valence-corrected chi connectivity index (χ1v) is 7.69. The summed E-state index contributed by atoms with van der Waals surface area (Å²) in [6, 6.07) is 5.94. The van der Waals surface area contributed by atoms with E-state index in [1.54, 1.807) is 14.2 Å². The predicted molar refractivity (Wildman–Crippen MR) is 83.8 cm³/mol. The molecule has 4 nitrogen and oxygen atoms in total. The second-order valence-electron chi connectivity index (χ2n) is 6.18. The number of aliphatic hydroxyl groups excluding tert-OH is 1. The van der Waals surface area contributed by atoms with Gasteiger partial charge < -0.3 is 19.9 Å². The van der Waals surface area contributed by atoms with Crippen LogP contribution in [0, 0.1) is 5.92 Å². The molecule has 0 heterocycles. The van der Waals surface area contributed by atoms with Gasteiger partial charge in [0.05, 0.1) is 20.8 Å². The number of hydrogen-bond acceptors (Lipinski definition) is 4. The smallest absolute Gasteiger partial charge is 0.161 e. The van der Waals surface area contributed by atoms with Crippen molar-refractivity contribution < 1.29 is 14.6 Å². The molecule has 1 aliphatic rings. The van der Waals surface area contributed by atoms with Crippen molar-refractivity contribution in [3.63, 3.8) is 0 Å². The number of rotatable bonds is 6. The zero-order valence-electron chi connectivity index (χ0n) is 13.3. The molecule has 21 heavy (non-hydrogen) atoms. The number of benzene rings is 1. The standard InChI is InChI=1S/C17H27NO3/c1-13-5-4-8-17(10-13,12-19)18-11-14-6-7-15(20-2)16(9-14)21-3/h6-7,9,13,18-19H,4-5,8,10-12H2,1-3H3. The zero-order chi connectivity index (χ0) is 15.3. The largest absolute Gasteiger partial charge is 0.493 e. The third-order valence-electron chi connectivity index (χ3n) is 4.51. The Morgan fingerprint density at radius 1 is 1.29 bits per heavy atom. The summed E-state index contributed by atoms with van der Waals surface area (Å²) in [7, 11) is 3.28. The normalized spacial score (nSPS) is 25.6. The second-order valence-corrected chi connectivity index (χ2v) is 6.18. The quantitative estimate of drug-likeness (QED) is 0.847. The first kappa shape index (κ1) is 16.1. The first-order valence-electron chi connectivity index (χ1n) is 7.69. The van der Waals surface area contributed by atoms with Gasteiger partial charge in [0.2, 0.25) is 0 Å². The van der Waals surface area contributed by atoms with Crippen LogP contribution in [0.3, 0.4) is 0 Å². The molecular weight excluding hydrogens is 266 g/mol. The summed E-state index contributed by atoms with van der Waals surface area (Å²) in [5.74, 6) is 2.15. The van der Waals surface area contributed by atoms with Gasteiger partial charge in [-0.05, 0) is 36.5 Å². The number of aliphatic hydroxyl groups is 1. The van der Waals surface area contributed by atoms with Crippen LogP contribution in [-0.4, -0.2) is 31.5 Å². The Bertz CT molecular complexity index is 463. The molecule has 2 N–H and O–H groups in total. The molecule has 0 aliphatic heterocycles. The average molecular weight is 293 g/mol. The van der Waals surface area contributed by atoms with Crippen molar-refractivity contribution in [3.05, 3.63) is 23.8 Å². The van der Waals surface area contributed by atoms with Crippen LogP contribution < -0.4 is 14.8 Å². The number of methoxy groups -OCH3 is 2. The third kappa shape index (κ3) is 3.89. The summed E-state index contributed by atoms with van der Waals surface area (Å²) in [5, 5.41) is 13.4. The van der Waals surface area contributed by atoms with Crippen LogP contribution in [0.5, 0.6) is 11.5 Å². The lowest BCUT2D eigenvalue weighted by atomic mass is 9.77. The van der Waals surface area contributed by atoms with Gasteiger partial charge in [-0.3, -0.25) is 0 Å². The van der Waals surface area contributed by atoms with Crippen molar-refractivity contribution in [2.75, 3.05) is 20.8 Å².